The van der Waals surface area contributed by atoms with Gasteiger partial charge in [0.05, 0.1) is 19.1 Å². The Labute approximate surface area is 145 Å². The molecule has 0 saturated carbocycles. The van der Waals surface area contributed by atoms with Gasteiger partial charge >= 0.3 is 0 Å². The Bertz CT molecular complexity index is 753. The van der Waals surface area contributed by atoms with E-state index in [1.54, 1.807) is 50.8 Å². The van der Waals surface area contributed by atoms with Crippen molar-refractivity contribution in [2.24, 2.45) is 0 Å². The molecule has 0 atom stereocenters. The summed E-state index contributed by atoms with van der Waals surface area (Å²) in [6.07, 6.45) is 4.10. The number of ether oxygens (including phenoxy) is 2. The summed E-state index contributed by atoms with van der Waals surface area (Å²) >= 11 is 0. The minimum atomic E-state index is -0.510. The third kappa shape index (κ3) is 5.91. The van der Waals surface area contributed by atoms with Crippen molar-refractivity contribution in [3.63, 3.8) is 0 Å². The molecular formula is C18H19N3O4. The van der Waals surface area contributed by atoms with Crippen LogP contribution in [0.4, 0.5) is 11.4 Å². The van der Waals surface area contributed by atoms with Gasteiger partial charge in [-0.1, -0.05) is 0 Å². The molecule has 0 amide bonds. The summed E-state index contributed by atoms with van der Waals surface area (Å²) in [5.41, 5.74) is 1.88. The molecule has 0 fully saturated rings. The van der Waals surface area contributed by atoms with Crippen LogP contribution in [0.5, 0.6) is 11.5 Å². The number of anilines is 2. The quantitative estimate of drug-likeness (QED) is 0.431. The second-order valence-corrected chi connectivity index (χ2v) is 4.93. The van der Waals surface area contributed by atoms with Gasteiger partial charge in [0.2, 0.25) is 0 Å². The number of allylic oxidation sites excluding steroid dienone is 1. The third-order valence-electron chi connectivity index (χ3n) is 3.23. The predicted octanol–water partition coefficient (Wildman–Crippen LogP) is 3.86. The molecule has 0 aliphatic rings. The molecule has 0 saturated heterocycles. The summed E-state index contributed by atoms with van der Waals surface area (Å²) in [6, 6.07) is 14.4. The fourth-order valence-electron chi connectivity index (χ4n) is 1.99. The Morgan fingerprint density at radius 1 is 0.960 bits per heavy atom. The van der Waals surface area contributed by atoms with E-state index in [2.05, 4.69) is 10.6 Å². The second-order valence-electron chi connectivity index (χ2n) is 4.93. The molecule has 25 heavy (non-hydrogen) atoms. The van der Waals surface area contributed by atoms with E-state index in [4.69, 9.17) is 9.47 Å². The van der Waals surface area contributed by atoms with E-state index in [1.165, 1.54) is 0 Å². The van der Waals surface area contributed by atoms with Crippen LogP contribution in [0.25, 0.3) is 0 Å². The lowest BCUT2D eigenvalue weighted by Gasteiger charge is -2.07. The Morgan fingerprint density at radius 3 is 1.96 bits per heavy atom. The van der Waals surface area contributed by atoms with Crippen molar-refractivity contribution in [1.29, 1.82) is 0 Å². The van der Waals surface area contributed by atoms with Crippen LogP contribution in [0.3, 0.4) is 0 Å². The number of nitrogens with zero attached hydrogens (tertiary/aromatic N) is 1. The van der Waals surface area contributed by atoms with Crippen LogP contribution in [0.15, 0.2) is 72.7 Å². The standard InChI is InChI=1S/C18H19N3O4/c1-24-17-7-3-14(4-8-17)19-12-11-16(13-21(22)23)20-15-5-9-18(25-2)10-6-15/h3-13,19-20H,1-2H3/b12-11-,16-13+. The maximum atomic E-state index is 10.8. The maximum Gasteiger partial charge on any atom is 0.257 e. The lowest BCUT2D eigenvalue weighted by atomic mass is 10.3. The van der Waals surface area contributed by atoms with Crippen molar-refractivity contribution < 1.29 is 14.4 Å². The van der Waals surface area contributed by atoms with E-state index >= 15 is 0 Å². The molecule has 2 aromatic carbocycles. The highest BCUT2D eigenvalue weighted by atomic mass is 16.6. The average molecular weight is 341 g/mol. The molecule has 0 aromatic heterocycles. The van der Waals surface area contributed by atoms with Gasteiger partial charge in [-0.2, -0.15) is 0 Å². The molecule has 7 nitrogen and oxygen atoms in total. The first-order chi connectivity index (χ1) is 12.1. The topological polar surface area (TPSA) is 85.7 Å². The Morgan fingerprint density at radius 2 is 1.48 bits per heavy atom. The lowest BCUT2D eigenvalue weighted by molar-refractivity contribution is -0.403. The van der Waals surface area contributed by atoms with Crippen LogP contribution < -0.4 is 20.1 Å². The summed E-state index contributed by atoms with van der Waals surface area (Å²) in [7, 11) is 3.18. The summed E-state index contributed by atoms with van der Waals surface area (Å²) < 4.78 is 10.2. The molecule has 2 rings (SSSR count). The largest absolute Gasteiger partial charge is 0.497 e. The van der Waals surface area contributed by atoms with E-state index in [-0.39, 0.29) is 0 Å². The molecule has 7 heteroatoms. The van der Waals surface area contributed by atoms with Gasteiger partial charge in [0.25, 0.3) is 6.20 Å². The van der Waals surface area contributed by atoms with Gasteiger partial charge in [0, 0.05) is 17.6 Å². The number of nitrogens with one attached hydrogen (secondary N) is 2. The van der Waals surface area contributed by atoms with Crippen LogP contribution in [-0.2, 0) is 0 Å². The van der Waals surface area contributed by atoms with Gasteiger partial charge in [-0.3, -0.25) is 10.1 Å². The Hall–Kier alpha value is -3.48. The van der Waals surface area contributed by atoms with E-state index in [0.717, 1.165) is 17.6 Å². The van der Waals surface area contributed by atoms with Crippen LogP contribution >= 0.6 is 0 Å². The summed E-state index contributed by atoms with van der Waals surface area (Å²) in [5.74, 6) is 1.46. The predicted molar refractivity (Wildman–Crippen MR) is 97.5 cm³/mol. The first-order valence-corrected chi connectivity index (χ1v) is 7.44. The van der Waals surface area contributed by atoms with Crippen LogP contribution in [-0.4, -0.2) is 19.1 Å². The van der Waals surface area contributed by atoms with E-state index in [1.807, 2.05) is 24.3 Å². The lowest BCUT2D eigenvalue weighted by Crippen LogP contribution is -2.01. The highest BCUT2D eigenvalue weighted by molar-refractivity contribution is 5.53. The highest BCUT2D eigenvalue weighted by Gasteiger charge is 2.01. The zero-order valence-corrected chi connectivity index (χ0v) is 13.9. The van der Waals surface area contributed by atoms with Crippen LogP contribution in [0, 0.1) is 10.1 Å². The van der Waals surface area contributed by atoms with Crippen LogP contribution in [0.2, 0.25) is 0 Å². The number of hydrogen-bond donors (Lipinski definition) is 2. The average Bonchev–Trinajstić information content (AvgIpc) is 2.62. The highest BCUT2D eigenvalue weighted by Crippen LogP contribution is 2.18. The van der Waals surface area contributed by atoms with Gasteiger partial charge < -0.3 is 20.1 Å². The molecule has 2 aromatic rings. The number of benzene rings is 2. The summed E-state index contributed by atoms with van der Waals surface area (Å²) in [6.45, 7) is 0. The van der Waals surface area contributed by atoms with Crippen molar-refractivity contribution in [3.8, 4) is 11.5 Å². The summed E-state index contributed by atoms with van der Waals surface area (Å²) in [4.78, 5) is 10.3. The molecule has 0 spiro atoms. The minimum Gasteiger partial charge on any atom is -0.497 e. The van der Waals surface area contributed by atoms with Crippen molar-refractivity contribution in [2.45, 2.75) is 0 Å². The molecule has 0 aliphatic heterocycles. The van der Waals surface area contributed by atoms with Gasteiger partial charge in [-0.25, -0.2) is 0 Å². The van der Waals surface area contributed by atoms with Gasteiger partial charge in [0.15, 0.2) is 0 Å². The normalized spacial score (nSPS) is 11.2. The van der Waals surface area contributed by atoms with Gasteiger partial charge in [-0.05, 0) is 54.6 Å². The van der Waals surface area contributed by atoms with Crippen molar-refractivity contribution >= 4 is 11.4 Å². The summed E-state index contributed by atoms with van der Waals surface area (Å²) in [5, 5.41) is 16.8. The van der Waals surface area contributed by atoms with E-state index < -0.39 is 4.92 Å². The second kappa shape index (κ2) is 8.97. The molecule has 0 unspecified atom stereocenters. The van der Waals surface area contributed by atoms with E-state index in [0.29, 0.717) is 17.1 Å². The molecular weight excluding hydrogens is 322 g/mol. The number of methoxy groups -OCH3 is 2. The van der Waals surface area contributed by atoms with Crippen molar-refractivity contribution in [3.05, 3.63) is 82.8 Å². The third-order valence-corrected chi connectivity index (χ3v) is 3.23. The van der Waals surface area contributed by atoms with Crippen molar-refractivity contribution in [2.75, 3.05) is 24.9 Å². The molecule has 0 aliphatic carbocycles. The minimum absolute atomic E-state index is 0.330. The number of hydrogen-bond acceptors (Lipinski definition) is 6. The molecule has 2 N–H and O–H groups in total. The SMILES string of the molecule is COc1ccc(N/C=C\C(=C/[N+](=O)[O-])Nc2ccc(OC)cc2)cc1. The monoisotopic (exact) mass is 341 g/mol. The smallest absolute Gasteiger partial charge is 0.257 e. The molecule has 0 heterocycles. The van der Waals surface area contributed by atoms with Gasteiger partial charge in [-0.15, -0.1) is 0 Å². The maximum absolute atomic E-state index is 10.8. The molecule has 0 bridgehead atoms. The van der Waals surface area contributed by atoms with Crippen LogP contribution in [0.1, 0.15) is 0 Å². The molecule has 130 valence electrons. The van der Waals surface area contributed by atoms with E-state index in [9.17, 15) is 10.1 Å². The Kier molecular flexibility index (Phi) is 6.41. The fourth-order valence-corrected chi connectivity index (χ4v) is 1.99. The zero-order chi connectivity index (χ0) is 18.1. The zero-order valence-electron chi connectivity index (χ0n) is 13.9. The van der Waals surface area contributed by atoms with Crippen molar-refractivity contribution in [1.82, 2.24) is 0 Å². The first kappa shape index (κ1) is 17.9. The fraction of sp³-hybridized carbons (Fsp3) is 0.111. The first-order valence-electron chi connectivity index (χ1n) is 7.44. The molecule has 0 radical (unpaired) electrons. The number of nitro groups is 1. The Balaban J connectivity index is 2.04. The number of rotatable bonds is 8. The van der Waals surface area contributed by atoms with Gasteiger partial charge in [0.1, 0.15) is 17.2 Å².